The highest BCUT2D eigenvalue weighted by Gasteiger charge is 2.16. The molecule has 0 heterocycles. The minimum absolute atomic E-state index is 0.996. The second-order valence-corrected chi connectivity index (χ2v) is 5.42. The lowest BCUT2D eigenvalue weighted by Gasteiger charge is -2.28. The molecule has 0 saturated heterocycles. The molecule has 0 aromatic heterocycles. The zero-order valence-electron chi connectivity index (χ0n) is 13.4. The molecule has 1 nitrogen and oxygen atoms in total. The fourth-order valence-electron chi connectivity index (χ4n) is 2.88. The molecule has 114 valence electrons. The van der Waals surface area contributed by atoms with Crippen LogP contribution in [-0.2, 0) is 6.42 Å². The van der Waals surface area contributed by atoms with Crippen molar-refractivity contribution in [2.24, 2.45) is 0 Å². The van der Waals surface area contributed by atoms with Crippen LogP contribution in [0.1, 0.15) is 18.1 Å². The SMILES string of the molecule is C=Cc1ccccc1N(c1ccccc1)c1ccccc1CC. The Morgan fingerprint density at radius 3 is 2.09 bits per heavy atom. The van der Waals surface area contributed by atoms with Gasteiger partial charge in [-0.3, -0.25) is 0 Å². The van der Waals surface area contributed by atoms with E-state index in [0.29, 0.717) is 0 Å². The number of hydrogen-bond acceptors (Lipinski definition) is 1. The van der Waals surface area contributed by atoms with Gasteiger partial charge in [0.05, 0.1) is 5.69 Å². The number of hydrogen-bond donors (Lipinski definition) is 0. The quantitative estimate of drug-likeness (QED) is 0.529. The zero-order valence-corrected chi connectivity index (χ0v) is 13.4. The lowest BCUT2D eigenvalue weighted by molar-refractivity contribution is 1.11. The van der Waals surface area contributed by atoms with E-state index in [1.165, 1.54) is 11.3 Å². The van der Waals surface area contributed by atoms with Crippen molar-refractivity contribution in [3.05, 3.63) is 96.6 Å². The lowest BCUT2D eigenvalue weighted by atomic mass is 10.1. The molecule has 1 heteroatoms. The third-order valence-corrected chi connectivity index (χ3v) is 4.03. The average molecular weight is 299 g/mol. The first-order chi connectivity index (χ1) is 11.3. The number of nitrogens with zero attached hydrogens (tertiary/aromatic N) is 1. The summed E-state index contributed by atoms with van der Waals surface area (Å²) in [6.45, 7) is 6.17. The highest BCUT2D eigenvalue weighted by Crippen LogP contribution is 2.38. The number of para-hydroxylation sites is 3. The summed E-state index contributed by atoms with van der Waals surface area (Å²) in [5, 5.41) is 0. The van der Waals surface area contributed by atoms with Gasteiger partial charge in [-0.1, -0.05) is 74.2 Å². The van der Waals surface area contributed by atoms with E-state index >= 15 is 0 Å². The Labute approximate surface area is 138 Å². The third-order valence-electron chi connectivity index (χ3n) is 4.03. The lowest BCUT2D eigenvalue weighted by Crippen LogP contribution is -2.13. The highest BCUT2D eigenvalue weighted by atomic mass is 15.1. The maximum Gasteiger partial charge on any atom is 0.0533 e. The van der Waals surface area contributed by atoms with E-state index in [4.69, 9.17) is 0 Å². The van der Waals surface area contributed by atoms with Gasteiger partial charge in [0.1, 0.15) is 0 Å². The van der Waals surface area contributed by atoms with Crippen molar-refractivity contribution < 1.29 is 0 Å². The first kappa shape index (κ1) is 15.1. The van der Waals surface area contributed by atoms with Gasteiger partial charge < -0.3 is 4.90 Å². The Kier molecular flexibility index (Phi) is 4.58. The molecule has 3 rings (SSSR count). The minimum Gasteiger partial charge on any atom is -0.310 e. The van der Waals surface area contributed by atoms with E-state index in [1.54, 1.807) is 0 Å². The van der Waals surface area contributed by atoms with Crippen LogP contribution in [0.4, 0.5) is 17.1 Å². The van der Waals surface area contributed by atoms with E-state index in [9.17, 15) is 0 Å². The molecule has 0 unspecified atom stereocenters. The molecule has 3 aromatic rings. The number of aryl methyl sites for hydroxylation is 1. The zero-order chi connectivity index (χ0) is 16.1. The van der Waals surface area contributed by atoms with Crippen LogP contribution in [0.2, 0.25) is 0 Å². The van der Waals surface area contributed by atoms with Gasteiger partial charge in [-0.25, -0.2) is 0 Å². The van der Waals surface area contributed by atoms with E-state index in [2.05, 4.69) is 91.2 Å². The summed E-state index contributed by atoms with van der Waals surface area (Å²) in [4.78, 5) is 2.32. The Hall–Kier alpha value is -2.80. The molecule has 0 N–H and O–H groups in total. The summed E-state index contributed by atoms with van der Waals surface area (Å²) >= 11 is 0. The molecule has 0 bridgehead atoms. The molecule has 0 spiro atoms. The van der Waals surface area contributed by atoms with E-state index in [-0.39, 0.29) is 0 Å². The monoisotopic (exact) mass is 299 g/mol. The fraction of sp³-hybridized carbons (Fsp3) is 0.0909. The van der Waals surface area contributed by atoms with Crippen molar-refractivity contribution in [1.82, 2.24) is 0 Å². The Morgan fingerprint density at radius 2 is 1.39 bits per heavy atom. The van der Waals surface area contributed by atoms with Gasteiger partial charge in [0, 0.05) is 11.4 Å². The summed E-state index contributed by atoms with van der Waals surface area (Å²) in [5.41, 5.74) is 5.98. The van der Waals surface area contributed by atoms with Crippen molar-refractivity contribution in [3.63, 3.8) is 0 Å². The van der Waals surface area contributed by atoms with E-state index < -0.39 is 0 Å². The molecule has 0 saturated carbocycles. The topological polar surface area (TPSA) is 3.24 Å². The molecule has 23 heavy (non-hydrogen) atoms. The van der Waals surface area contributed by atoms with E-state index in [0.717, 1.165) is 23.4 Å². The van der Waals surface area contributed by atoms with Crippen LogP contribution in [0.15, 0.2) is 85.4 Å². The smallest absolute Gasteiger partial charge is 0.0533 e. The van der Waals surface area contributed by atoms with Crippen molar-refractivity contribution >= 4 is 23.1 Å². The standard InChI is InChI=1S/C22H21N/c1-3-18-12-8-10-16-21(18)23(20-14-6-5-7-15-20)22-17-11-9-13-19(22)4-2/h3,5-17H,1,4H2,2H3. The van der Waals surface area contributed by atoms with Gasteiger partial charge in [0.15, 0.2) is 0 Å². The number of anilines is 3. The summed E-state index contributed by atoms with van der Waals surface area (Å²) < 4.78 is 0. The van der Waals surface area contributed by atoms with Gasteiger partial charge >= 0.3 is 0 Å². The summed E-state index contributed by atoms with van der Waals surface area (Å²) in [6.07, 6.45) is 2.91. The molecule has 0 aliphatic carbocycles. The summed E-state index contributed by atoms with van der Waals surface area (Å²) in [5.74, 6) is 0. The predicted octanol–water partition coefficient (Wildman–Crippen LogP) is 6.36. The van der Waals surface area contributed by atoms with Crippen molar-refractivity contribution in [3.8, 4) is 0 Å². The highest BCUT2D eigenvalue weighted by molar-refractivity contribution is 5.83. The predicted molar refractivity (Wildman–Crippen MR) is 101 cm³/mol. The summed E-state index contributed by atoms with van der Waals surface area (Å²) in [6, 6.07) is 27.5. The van der Waals surface area contributed by atoms with Crippen molar-refractivity contribution in [2.75, 3.05) is 4.90 Å². The fourth-order valence-corrected chi connectivity index (χ4v) is 2.88. The molecule has 0 fully saturated rings. The third kappa shape index (κ3) is 3.04. The largest absolute Gasteiger partial charge is 0.310 e. The molecule has 0 atom stereocenters. The van der Waals surface area contributed by atoms with Gasteiger partial charge in [-0.15, -0.1) is 0 Å². The van der Waals surface area contributed by atoms with E-state index in [1.807, 2.05) is 12.1 Å². The first-order valence-electron chi connectivity index (χ1n) is 7.99. The van der Waals surface area contributed by atoms with Gasteiger partial charge in [0.2, 0.25) is 0 Å². The molecule has 0 amide bonds. The molecular formula is C22H21N. The first-order valence-corrected chi connectivity index (χ1v) is 7.99. The van der Waals surface area contributed by atoms with Crippen molar-refractivity contribution in [2.45, 2.75) is 13.3 Å². The van der Waals surface area contributed by atoms with Crippen LogP contribution in [0.3, 0.4) is 0 Å². The van der Waals surface area contributed by atoms with Crippen LogP contribution in [-0.4, -0.2) is 0 Å². The molecule has 0 aliphatic heterocycles. The Balaban J connectivity index is 2.25. The van der Waals surface area contributed by atoms with Crippen LogP contribution >= 0.6 is 0 Å². The van der Waals surface area contributed by atoms with Crippen LogP contribution in [0.25, 0.3) is 6.08 Å². The summed E-state index contributed by atoms with van der Waals surface area (Å²) in [7, 11) is 0. The molecule has 0 radical (unpaired) electrons. The van der Waals surface area contributed by atoms with Gasteiger partial charge in [-0.05, 0) is 41.8 Å². The molecule has 0 aliphatic rings. The average Bonchev–Trinajstić information content (AvgIpc) is 2.64. The van der Waals surface area contributed by atoms with Crippen molar-refractivity contribution in [1.29, 1.82) is 0 Å². The second kappa shape index (κ2) is 6.97. The number of benzene rings is 3. The maximum absolute atomic E-state index is 3.98. The molecule has 3 aromatic carbocycles. The Morgan fingerprint density at radius 1 is 0.783 bits per heavy atom. The van der Waals surface area contributed by atoms with Crippen LogP contribution in [0, 0.1) is 0 Å². The Bertz CT molecular complexity index is 790. The normalized spacial score (nSPS) is 10.3. The van der Waals surface area contributed by atoms with Crippen LogP contribution in [0.5, 0.6) is 0 Å². The minimum atomic E-state index is 0.996. The van der Waals surface area contributed by atoms with Gasteiger partial charge in [0.25, 0.3) is 0 Å². The van der Waals surface area contributed by atoms with Crippen LogP contribution < -0.4 is 4.90 Å². The number of rotatable bonds is 5. The maximum atomic E-state index is 3.98. The molecular weight excluding hydrogens is 278 g/mol. The second-order valence-electron chi connectivity index (χ2n) is 5.42. The van der Waals surface area contributed by atoms with Gasteiger partial charge in [-0.2, -0.15) is 0 Å².